The molecular formula is C7H4BrClN2. The Balaban J connectivity index is 2.86. The van der Waals surface area contributed by atoms with Crippen molar-refractivity contribution in [3.63, 3.8) is 0 Å². The molecule has 2 aromatic heterocycles. The summed E-state index contributed by atoms with van der Waals surface area (Å²) in [5, 5.41) is 0.684. The van der Waals surface area contributed by atoms with Gasteiger partial charge in [-0.1, -0.05) is 11.6 Å². The van der Waals surface area contributed by atoms with Crippen LogP contribution in [0.4, 0.5) is 0 Å². The predicted octanol–water partition coefficient (Wildman–Crippen LogP) is 2.75. The van der Waals surface area contributed by atoms with Crippen molar-refractivity contribution < 1.29 is 0 Å². The first-order valence-corrected chi connectivity index (χ1v) is 4.22. The van der Waals surface area contributed by atoms with Crippen molar-refractivity contribution in [2.24, 2.45) is 0 Å². The first kappa shape index (κ1) is 7.13. The lowest BCUT2D eigenvalue weighted by molar-refractivity contribution is 1.17. The lowest BCUT2D eigenvalue weighted by Crippen LogP contribution is -1.82. The third-order valence-electron chi connectivity index (χ3n) is 1.44. The third kappa shape index (κ3) is 1.14. The van der Waals surface area contributed by atoms with Crippen LogP contribution in [0.15, 0.2) is 29.1 Å². The largest absolute Gasteiger partial charge is 0.306 e. The fraction of sp³-hybridized carbons (Fsp3) is 0. The summed E-state index contributed by atoms with van der Waals surface area (Å²) < 4.78 is 2.78. The van der Waals surface area contributed by atoms with E-state index in [0.717, 1.165) is 10.1 Å². The molecule has 0 aliphatic carbocycles. The Kier molecular flexibility index (Phi) is 1.62. The van der Waals surface area contributed by atoms with Crippen LogP contribution in [0.5, 0.6) is 0 Å². The standard InChI is InChI=1S/C7H4BrClN2/c8-5-4-11-2-1-10-7(11)3-6(5)9/h1-4H. The number of hydrogen-bond acceptors (Lipinski definition) is 1. The van der Waals surface area contributed by atoms with Gasteiger partial charge in [0, 0.05) is 24.7 Å². The first-order chi connectivity index (χ1) is 5.27. The Bertz CT molecular complexity index is 360. The lowest BCUT2D eigenvalue weighted by Gasteiger charge is -1.96. The van der Waals surface area contributed by atoms with E-state index in [9.17, 15) is 0 Å². The molecular weight excluding hydrogens is 227 g/mol. The monoisotopic (exact) mass is 230 g/mol. The van der Waals surface area contributed by atoms with Gasteiger partial charge >= 0.3 is 0 Å². The van der Waals surface area contributed by atoms with Crippen molar-refractivity contribution in [2.45, 2.75) is 0 Å². The highest BCUT2D eigenvalue weighted by Gasteiger charge is 1.99. The Morgan fingerprint density at radius 2 is 2.36 bits per heavy atom. The molecule has 0 saturated heterocycles. The Labute approximate surface area is 76.9 Å². The molecule has 2 nitrogen and oxygen atoms in total. The lowest BCUT2D eigenvalue weighted by atomic mass is 10.5. The number of imidazole rings is 1. The molecule has 0 radical (unpaired) electrons. The molecule has 2 heterocycles. The average Bonchev–Trinajstić information content (AvgIpc) is 2.36. The summed E-state index contributed by atoms with van der Waals surface area (Å²) in [7, 11) is 0. The zero-order valence-corrected chi connectivity index (χ0v) is 7.80. The van der Waals surface area contributed by atoms with Gasteiger partial charge in [-0.05, 0) is 15.9 Å². The van der Waals surface area contributed by atoms with Crippen molar-refractivity contribution in [3.05, 3.63) is 34.2 Å². The number of hydrogen-bond donors (Lipinski definition) is 0. The summed E-state index contributed by atoms with van der Waals surface area (Å²) in [6.07, 6.45) is 5.49. The van der Waals surface area contributed by atoms with Crippen LogP contribution in [-0.4, -0.2) is 9.38 Å². The molecule has 0 amide bonds. The molecule has 0 unspecified atom stereocenters. The average molecular weight is 231 g/mol. The number of rotatable bonds is 0. The number of aromatic nitrogens is 2. The van der Waals surface area contributed by atoms with Crippen LogP contribution >= 0.6 is 27.5 Å². The summed E-state index contributed by atoms with van der Waals surface area (Å²) in [6.45, 7) is 0. The van der Waals surface area contributed by atoms with Gasteiger partial charge in [-0.3, -0.25) is 0 Å². The van der Waals surface area contributed by atoms with Crippen LogP contribution in [0, 0.1) is 0 Å². The van der Waals surface area contributed by atoms with Crippen molar-refractivity contribution >= 4 is 33.2 Å². The van der Waals surface area contributed by atoms with E-state index in [1.165, 1.54) is 0 Å². The molecule has 0 fully saturated rings. The normalized spacial score (nSPS) is 10.7. The van der Waals surface area contributed by atoms with Gasteiger partial charge in [-0.15, -0.1) is 0 Å². The van der Waals surface area contributed by atoms with Crippen LogP contribution in [0.3, 0.4) is 0 Å². The molecule has 11 heavy (non-hydrogen) atoms. The van der Waals surface area contributed by atoms with Gasteiger partial charge in [0.2, 0.25) is 0 Å². The number of halogens is 2. The number of pyridine rings is 1. The minimum absolute atomic E-state index is 0.684. The Morgan fingerprint density at radius 1 is 1.55 bits per heavy atom. The van der Waals surface area contributed by atoms with Crippen LogP contribution < -0.4 is 0 Å². The van der Waals surface area contributed by atoms with E-state index in [1.54, 1.807) is 6.20 Å². The highest BCUT2D eigenvalue weighted by atomic mass is 79.9. The van der Waals surface area contributed by atoms with Crippen LogP contribution in [0.25, 0.3) is 5.65 Å². The summed E-state index contributed by atoms with van der Waals surface area (Å²) in [4.78, 5) is 4.08. The van der Waals surface area contributed by atoms with Gasteiger partial charge in [0.1, 0.15) is 5.65 Å². The van der Waals surface area contributed by atoms with E-state index in [1.807, 2.05) is 22.9 Å². The third-order valence-corrected chi connectivity index (χ3v) is 2.61. The van der Waals surface area contributed by atoms with Gasteiger partial charge in [0.25, 0.3) is 0 Å². The highest BCUT2D eigenvalue weighted by Crippen LogP contribution is 2.22. The minimum Gasteiger partial charge on any atom is -0.306 e. The van der Waals surface area contributed by atoms with Crippen molar-refractivity contribution in [1.29, 1.82) is 0 Å². The van der Waals surface area contributed by atoms with Crippen LogP contribution in [0.1, 0.15) is 0 Å². The van der Waals surface area contributed by atoms with E-state index in [0.29, 0.717) is 5.02 Å². The van der Waals surface area contributed by atoms with Gasteiger partial charge in [-0.25, -0.2) is 4.98 Å². The van der Waals surface area contributed by atoms with Crippen LogP contribution in [-0.2, 0) is 0 Å². The molecule has 0 N–H and O–H groups in total. The second-order valence-electron chi connectivity index (χ2n) is 2.16. The molecule has 0 aliphatic rings. The predicted molar refractivity (Wildman–Crippen MR) is 47.9 cm³/mol. The maximum atomic E-state index is 5.84. The number of nitrogens with zero attached hydrogens (tertiary/aromatic N) is 2. The smallest absolute Gasteiger partial charge is 0.138 e. The fourth-order valence-corrected chi connectivity index (χ4v) is 1.39. The zero-order chi connectivity index (χ0) is 7.84. The highest BCUT2D eigenvalue weighted by molar-refractivity contribution is 9.10. The molecule has 0 aromatic carbocycles. The molecule has 4 heteroatoms. The van der Waals surface area contributed by atoms with E-state index in [-0.39, 0.29) is 0 Å². The summed E-state index contributed by atoms with van der Waals surface area (Å²) >= 11 is 9.16. The maximum absolute atomic E-state index is 5.84. The molecule has 2 rings (SSSR count). The molecule has 0 atom stereocenters. The summed E-state index contributed by atoms with van der Waals surface area (Å²) in [5.41, 5.74) is 0.859. The summed E-state index contributed by atoms with van der Waals surface area (Å²) in [6, 6.07) is 1.81. The first-order valence-electron chi connectivity index (χ1n) is 3.05. The molecule has 0 aliphatic heterocycles. The quantitative estimate of drug-likeness (QED) is 0.681. The van der Waals surface area contributed by atoms with Crippen molar-refractivity contribution in [1.82, 2.24) is 9.38 Å². The van der Waals surface area contributed by atoms with Crippen LogP contribution in [0.2, 0.25) is 5.02 Å². The van der Waals surface area contributed by atoms with Crippen molar-refractivity contribution in [2.75, 3.05) is 0 Å². The molecule has 0 saturated carbocycles. The minimum atomic E-state index is 0.684. The van der Waals surface area contributed by atoms with Gasteiger partial charge in [-0.2, -0.15) is 0 Å². The second-order valence-corrected chi connectivity index (χ2v) is 3.42. The fourth-order valence-electron chi connectivity index (χ4n) is 0.912. The van der Waals surface area contributed by atoms with E-state index in [4.69, 9.17) is 11.6 Å². The molecule has 2 aromatic rings. The van der Waals surface area contributed by atoms with E-state index < -0.39 is 0 Å². The van der Waals surface area contributed by atoms with E-state index in [2.05, 4.69) is 20.9 Å². The summed E-state index contributed by atoms with van der Waals surface area (Å²) in [5.74, 6) is 0. The number of fused-ring (bicyclic) bond motifs is 1. The Hall–Kier alpha value is -0.540. The SMILES string of the molecule is Clc1cc2nccn2cc1Br. The van der Waals surface area contributed by atoms with E-state index >= 15 is 0 Å². The van der Waals surface area contributed by atoms with Gasteiger partial charge < -0.3 is 4.40 Å². The molecule has 56 valence electrons. The maximum Gasteiger partial charge on any atom is 0.138 e. The topological polar surface area (TPSA) is 17.3 Å². The molecule has 0 spiro atoms. The second kappa shape index (κ2) is 2.50. The van der Waals surface area contributed by atoms with Crippen molar-refractivity contribution in [3.8, 4) is 0 Å². The molecule has 0 bridgehead atoms. The Morgan fingerprint density at radius 3 is 3.18 bits per heavy atom. The zero-order valence-electron chi connectivity index (χ0n) is 5.46. The van der Waals surface area contributed by atoms with Gasteiger partial charge in [0.05, 0.1) is 9.50 Å². The van der Waals surface area contributed by atoms with Gasteiger partial charge in [0.15, 0.2) is 0 Å².